The maximum atomic E-state index is 4.30. The van der Waals surface area contributed by atoms with Crippen LogP contribution in [0.5, 0.6) is 0 Å². The van der Waals surface area contributed by atoms with Crippen LogP contribution in [0.2, 0.25) is 0 Å². The van der Waals surface area contributed by atoms with Gasteiger partial charge in [0.15, 0.2) is 0 Å². The Balaban J connectivity index is 2.23. The molecule has 2 heteroatoms. The van der Waals surface area contributed by atoms with Crippen molar-refractivity contribution in [1.82, 2.24) is 9.97 Å². The molecule has 1 saturated carbocycles. The molecule has 2 bridgehead atoms. The average Bonchev–Trinajstić information content (AvgIpc) is 2.64. The van der Waals surface area contributed by atoms with E-state index in [0.29, 0.717) is 0 Å². The summed E-state index contributed by atoms with van der Waals surface area (Å²) < 4.78 is 0. The summed E-state index contributed by atoms with van der Waals surface area (Å²) in [6.07, 6.45) is 8.67. The third kappa shape index (κ3) is 0.621. The van der Waals surface area contributed by atoms with E-state index in [2.05, 4.69) is 16.2 Å². The van der Waals surface area contributed by atoms with Crippen molar-refractivity contribution in [2.45, 2.75) is 31.1 Å². The smallest absolute Gasteiger partial charge is 0.116 e. The van der Waals surface area contributed by atoms with Crippen LogP contribution in [0.4, 0.5) is 0 Å². The Morgan fingerprint density at radius 2 is 2.27 bits per heavy atom. The highest BCUT2D eigenvalue weighted by Crippen LogP contribution is 2.51. The molecule has 1 aromatic rings. The normalized spacial score (nSPS) is 32.4. The monoisotopic (exact) mass is 145 g/mol. The fraction of sp³-hybridized carbons (Fsp3) is 0.556. The molecule has 0 spiro atoms. The van der Waals surface area contributed by atoms with Crippen molar-refractivity contribution in [1.29, 1.82) is 0 Å². The van der Waals surface area contributed by atoms with Crippen molar-refractivity contribution in [2.75, 3.05) is 0 Å². The Labute approximate surface area is 65.7 Å². The molecule has 1 radical (unpaired) electrons. The van der Waals surface area contributed by atoms with Crippen LogP contribution in [-0.2, 0) is 0 Å². The molecule has 1 aromatic heterocycles. The molecule has 11 heavy (non-hydrogen) atoms. The summed E-state index contributed by atoms with van der Waals surface area (Å²) in [7, 11) is 0. The summed E-state index contributed by atoms with van der Waals surface area (Å²) >= 11 is 0. The van der Waals surface area contributed by atoms with Gasteiger partial charge in [0.1, 0.15) is 6.33 Å². The number of aromatic nitrogens is 2. The highest BCUT2D eigenvalue weighted by molar-refractivity contribution is 5.33. The Morgan fingerprint density at radius 1 is 1.36 bits per heavy atom. The zero-order chi connectivity index (χ0) is 7.26. The maximum absolute atomic E-state index is 4.30. The highest BCUT2D eigenvalue weighted by Gasteiger charge is 2.38. The second-order valence-corrected chi connectivity index (χ2v) is 3.49. The second kappa shape index (κ2) is 1.81. The molecule has 2 atom stereocenters. The van der Waals surface area contributed by atoms with Crippen molar-refractivity contribution >= 4 is 0 Å². The minimum atomic E-state index is 0.745. The van der Waals surface area contributed by atoms with Crippen molar-refractivity contribution in [3.8, 4) is 0 Å². The van der Waals surface area contributed by atoms with Gasteiger partial charge in [-0.05, 0) is 25.2 Å². The Hall–Kier alpha value is -0.920. The molecule has 2 nitrogen and oxygen atoms in total. The van der Waals surface area contributed by atoms with E-state index in [1.165, 1.54) is 30.5 Å². The Kier molecular flexibility index (Phi) is 0.939. The van der Waals surface area contributed by atoms with Gasteiger partial charge in [0.25, 0.3) is 0 Å². The van der Waals surface area contributed by atoms with Crippen LogP contribution < -0.4 is 0 Å². The predicted octanol–water partition coefficient (Wildman–Crippen LogP) is 1.64. The molecule has 2 unspecified atom stereocenters. The van der Waals surface area contributed by atoms with E-state index in [4.69, 9.17) is 0 Å². The van der Waals surface area contributed by atoms with E-state index in [-0.39, 0.29) is 0 Å². The second-order valence-electron chi connectivity index (χ2n) is 3.49. The summed E-state index contributed by atoms with van der Waals surface area (Å²) in [5.74, 6) is 1.49. The van der Waals surface area contributed by atoms with Crippen molar-refractivity contribution in [3.05, 3.63) is 23.8 Å². The van der Waals surface area contributed by atoms with Crippen LogP contribution >= 0.6 is 0 Å². The van der Waals surface area contributed by atoms with Crippen LogP contribution in [0.3, 0.4) is 0 Å². The van der Waals surface area contributed by atoms with E-state index >= 15 is 0 Å². The predicted molar refractivity (Wildman–Crippen MR) is 40.2 cm³/mol. The van der Waals surface area contributed by atoms with Gasteiger partial charge in [-0.25, -0.2) is 9.97 Å². The van der Waals surface area contributed by atoms with E-state index in [1.54, 1.807) is 6.33 Å². The molecule has 0 saturated heterocycles. The zero-order valence-corrected chi connectivity index (χ0v) is 6.25. The summed E-state index contributed by atoms with van der Waals surface area (Å²) in [5.41, 5.74) is 2.60. The fourth-order valence-electron chi connectivity index (χ4n) is 2.43. The average molecular weight is 145 g/mol. The van der Waals surface area contributed by atoms with Gasteiger partial charge in [-0.15, -0.1) is 0 Å². The molecule has 1 heterocycles. The van der Waals surface area contributed by atoms with Gasteiger partial charge in [0.2, 0.25) is 0 Å². The van der Waals surface area contributed by atoms with Gasteiger partial charge in [-0.2, -0.15) is 0 Å². The first-order chi connectivity index (χ1) is 5.45. The SMILES string of the molecule is [c]1ncnc2c1C1CCC2C1. The first kappa shape index (κ1) is 5.70. The zero-order valence-electron chi connectivity index (χ0n) is 6.25. The summed E-state index contributed by atoms with van der Waals surface area (Å²) in [4.78, 5) is 8.24. The van der Waals surface area contributed by atoms with Crippen LogP contribution in [0, 0.1) is 6.20 Å². The summed E-state index contributed by atoms with van der Waals surface area (Å²) in [5, 5.41) is 0. The highest BCUT2D eigenvalue weighted by atomic mass is 14.8. The largest absolute Gasteiger partial charge is 0.241 e. The van der Waals surface area contributed by atoms with Gasteiger partial charge < -0.3 is 0 Å². The van der Waals surface area contributed by atoms with Crippen LogP contribution in [0.25, 0.3) is 0 Å². The number of nitrogens with zero attached hydrogens (tertiary/aromatic N) is 2. The molecule has 55 valence electrons. The molecule has 3 rings (SSSR count). The third-order valence-electron chi connectivity index (χ3n) is 2.94. The molecule has 2 aliphatic carbocycles. The first-order valence-corrected chi connectivity index (χ1v) is 4.17. The molecule has 0 amide bonds. The quantitative estimate of drug-likeness (QED) is 0.554. The van der Waals surface area contributed by atoms with Gasteiger partial charge in [0.05, 0.1) is 11.9 Å². The molecule has 0 aromatic carbocycles. The third-order valence-corrected chi connectivity index (χ3v) is 2.94. The van der Waals surface area contributed by atoms with Crippen LogP contribution in [0.1, 0.15) is 42.4 Å². The van der Waals surface area contributed by atoms with Crippen molar-refractivity contribution in [2.24, 2.45) is 0 Å². The van der Waals surface area contributed by atoms with E-state index in [9.17, 15) is 0 Å². The van der Waals surface area contributed by atoms with Gasteiger partial charge in [0, 0.05) is 11.5 Å². The first-order valence-electron chi connectivity index (χ1n) is 4.17. The Morgan fingerprint density at radius 3 is 3.18 bits per heavy atom. The number of rotatable bonds is 0. The topological polar surface area (TPSA) is 25.8 Å². The Bertz CT molecular complexity index is 266. The van der Waals surface area contributed by atoms with Gasteiger partial charge in [-0.3, -0.25) is 0 Å². The molecular weight excluding hydrogens is 136 g/mol. The lowest BCUT2D eigenvalue weighted by molar-refractivity contribution is 0.690. The number of hydrogen-bond acceptors (Lipinski definition) is 2. The van der Waals surface area contributed by atoms with E-state index in [0.717, 1.165) is 11.8 Å². The van der Waals surface area contributed by atoms with E-state index in [1.807, 2.05) is 0 Å². The lowest BCUT2D eigenvalue weighted by Gasteiger charge is -2.10. The van der Waals surface area contributed by atoms with E-state index < -0.39 is 0 Å². The molecule has 0 aliphatic heterocycles. The standard InChI is InChI=1S/C9H9N2/c1-2-7-3-6(1)8-4-10-5-11-9(7)8/h5-7H,1-3H2. The molecular formula is C9H9N2. The number of fused-ring (bicyclic) bond motifs is 5. The van der Waals surface area contributed by atoms with Crippen molar-refractivity contribution in [3.63, 3.8) is 0 Å². The van der Waals surface area contributed by atoms with Crippen LogP contribution in [-0.4, -0.2) is 9.97 Å². The lowest BCUT2D eigenvalue weighted by Crippen LogP contribution is -2.01. The van der Waals surface area contributed by atoms with Crippen LogP contribution in [0.15, 0.2) is 6.33 Å². The fourth-order valence-corrected chi connectivity index (χ4v) is 2.43. The van der Waals surface area contributed by atoms with Crippen molar-refractivity contribution < 1.29 is 0 Å². The molecule has 0 N–H and O–H groups in total. The summed E-state index contributed by atoms with van der Waals surface area (Å²) in [6.45, 7) is 0. The molecule has 2 aliphatic rings. The minimum absolute atomic E-state index is 0.745. The van der Waals surface area contributed by atoms with Gasteiger partial charge >= 0.3 is 0 Å². The lowest BCUT2D eigenvalue weighted by atomic mass is 9.98. The molecule has 1 fully saturated rings. The minimum Gasteiger partial charge on any atom is -0.241 e. The van der Waals surface area contributed by atoms with Gasteiger partial charge in [-0.1, -0.05) is 0 Å². The number of hydrogen-bond donors (Lipinski definition) is 0. The summed E-state index contributed by atoms with van der Waals surface area (Å²) in [6, 6.07) is 0. The maximum Gasteiger partial charge on any atom is 0.116 e.